The van der Waals surface area contributed by atoms with E-state index in [1.807, 2.05) is 18.2 Å². The molecule has 2 saturated heterocycles. The average molecular weight is 321 g/mol. The maximum Gasteiger partial charge on any atom is 0.227 e. The lowest BCUT2D eigenvalue weighted by Crippen LogP contribution is -2.50. The SMILES string of the molecule is O=C(NC1CC2CCC(C1)N2)C1COc2ccc(Cl)cc2C1. The van der Waals surface area contributed by atoms with Crippen LogP contribution >= 0.6 is 11.6 Å². The maximum atomic E-state index is 12.6. The van der Waals surface area contributed by atoms with E-state index in [-0.39, 0.29) is 11.8 Å². The Balaban J connectivity index is 1.39. The van der Waals surface area contributed by atoms with Gasteiger partial charge in [-0.25, -0.2) is 0 Å². The van der Waals surface area contributed by atoms with Gasteiger partial charge in [0.05, 0.1) is 5.92 Å². The van der Waals surface area contributed by atoms with Gasteiger partial charge in [-0.15, -0.1) is 0 Å². The molecule has 3 unspecified atom stereocenters. The van der Waals surface area contributed by atoms with E-state index in [0.29, 0.717) is 36.2 Å². The molecule has 2 N–H and O–H groups in total. The fourth-order valence-electron chi connectivity index (χ4n) is 4.03. The molecule has 0 saturated carbocycles. The highest BCUT2D eigenvalue weighted by atomic mass is 35.5. The number of piperidine rings is 1. The number of carbonyl (C=O) groups is 1. The van der Waals surface area contributed by atoms with Gasteiger partial charge in [0.2, 0.25) is 5.91 Å². The number of ether oxygens (including phenoxy) is 1. The van der Waals surface area contributed by atoms with E-state index < -0.39 is 0 Å². The average Bonchev–Trinajstić information content (AvgIpc) is 2.85. The molecule has 3 aliphatic heterocycles. The zero-order chi connectivity index (χ0) is 15.1. The van der Waals surface area contributed by atoms with E-state index in [2.05, 4.69) is 10.6 Å². The first-order valence-corrected chi connectivity index (χ1v) is 8.53. The van der Waals surface area contributed by atoms with Gasteiger partial charge < -0.3 is 15.4 Å². The Kier molecular flexibility index (Phi) is 3.74. The monoisotopic (exact) mass is 320 g/mol. The van der Waals surface area contributed by atoms with Gasteiger partial charge in [0.15, 0.2) is 0 Å². The van der Waals surface area contributed by atoms with Crippen LogP contribution in [0.3, 0.4) is 0 Å². The molecule has 0 aliphatic carbocycles. The molecule has 118 valence electrons. The summed E-state index contributed by atoms with van der Waals surface area (Å²) in [6, 6.07) is 7.10. The zero-order valence-electron chi connectivity index (χ0n) is 12.5. The number of amides is 1. The van der Waals surface area contributed by atoms with Gasteiger partial charge in [0, 0.05) is 23.1 Å². The predicted molar refractivity (Wildman–Crippen MR) is 85.3 cm³/mol. The van der Waals surface area contributed by atoms with E-state index >= 15 is 0 Å². The van der Waals surface area contributed by atoms with Crippen molar-refractivity contribution in [3.8, 4) is 5.75 Å². The summed E-state index contributed by atoms with van der Waals surface area (Å²) in [5, 5.41) is 7.54. The van der Waals surface area contributed by atoms with Gasteiger partial charge in [0.1, 0.15) is 12.4 Å². The van der Waals surface area contributed by atoms with Crippen LogP contribution in [0.4, 0.5) is 0 Å². The van der Waals surface area contributed by atoms with Crippen molar-refractivity contribution in [3.63, 3.8) is 0 Å². The molecule has 5 heteroatoms. The van der Waals surface area contributed by atoms with E-state index in [9.17, 15) is 4.79 Å². The maximum absolute atomic E-state index is 12.6. The van der Waals surface area contributed by atoms with E-state index in [1.165, 1.54) is 12.8 Å². The van der Waals surface area contributed by atoms with Crippen LogP contribution in [0.25, 0.3) is 0 Å². The summed E-state index contributed by atoms with van der Waals surface area (Å²) in [4.78, 5) is 12.6. The second-order valence-electron chi connectivity index (χ2n) is 6.78. The zero-order valence-corrected chi connectivity index (χ0v) is 13.2. The van der Waals surface area contributed by atoms with Crippen molar-refractivity contribution in [1.82, 2.24) is 10.6 Å². The Hall–Kier alpha value is -1.26. The number of rotatable bonds is 2. The van der Waals surface area contributed by atoms with Gasteiger partial charge >= 0.3 is 0 Å². The number of fused-ring (bicyclic) bond motifs is 3. The lowest BCUT2D eigenvalue weighted by molar-refractivity contribution is -0.127. The molecule has 3 heterocycles. The van der Waals surface area contributed by atoms with Crippen molar-refractivity contribution in [2.75, 3.05) is 6.61 Å². The molecule has 22 heavy (non-hydrogen) atoms. The molecule has 1 aromatic carbocycles. The number of carbonyl (C=O) groups excluding carboxylic acids is 1. The third-order valence-electron chi connectivity index (χ3n) is 5.12. The quantitative estimate of drug-likeness (QED) is 0.879. The number of nitrogens with one attached hydrogen (secondary N) is 2. The Labute approximate surface area is 135 Å². The first-order valence-electron chi connectivity index (χ1n) is 8.15. The largest absolute Gasteiger partial charge is 0.492 e. The van der Waals surface area contributed by atoms with Crippen molar-refractivity contribution in [1.29, 1.82) is 0 Å². The van der Waals surface area contributed by atoms with Crippen LogP contribution < -0.4 is 15.4 Å². The van der Waals surface area contributed by atoms with Crippen LogP contribution in [0.15, 0.2) is 18.2 Å². The van der Waals surface area contributed by atoms with Crippen LogP contribution in [0.5, 0.6) is 5.75 Å². The Morgan fingerprint density at radius 1 is 1.27 bits per heavy atom. The topological polar surface area (TPSA) is 50.4 Å². The second-order valence-corrected chi connectivity index (χ2v) is 7.22. The smallest absolute Gasteiger partial charge is 0.227 e. The summed E-state index contributed by atoms with van der Waals surface area (Å²) < 4.78 is 5.72. The van der Waals surface area contributed by atoms with E-state index in [4.69, 9.17) is 16.3 Å². The fraction of sp³-hybridized carbons (Fsp3) is 0.588. The molecule has 1 amide bonds. The molecule has 4 rings (SSSR count). The normalized spacial score (nSPS) is 33.0. The fourth-order valence-corrected chi connectivity index (χ4v) is 4.22. The molecule has 0 aromatic heterocycles. The predicted octanol–water partition coefficient (Wildman–Crippen LogP) is 2.29. The summed E-state index contributed by atoms with van der Waals surface area (Å²) in [7, 11) is 0. The standard InChI is InChI=1S/C17H21ClN2O2/c18-12-1-4-16-10(6-12)5-11(9-22-16)17(21)20-15-7-13-2-3-14(8-15)19-13/h1,4,6,11,13-15,19H,2-3,5,7-9H2,(H,20,21). The van der Waals surface area contributed by atoms with Crippen LogP contribution in [-0.2, 0) is 11.2 Å². The van der Waals surface area contributed by atoms with Crippen molar-refractivity contribution in [3.05, 3.63) is 28.8 Å². The first-order chi connectivity index (χ1) is 10.7. The summed E-state index contributed by atoms with van der Waals surface area (Å²) in [6.07, 6.45) is 5.31. The molecule has 3 aliphatic rings. The van der Waals surface area contributed by atoms with Crippen molar-refractivity contribution < 1.29 is 9.53 Å². The van der Waals surface area contributed by atoms with Crippen LogP contribution in [0.1, 0.15) is 31.2 Å². The third-order valence-corrected chi connectivity index (χ3v) is 5.35. The van der Waals surface area contributed by atoms with Crippen molar-refractivity contribution in [2.24, 2.45) is 5.92 Å². The Bertz CT molecular complexity index is 580. The number of benzene rings is 1. The van der Waals surface area contributed by atoms with Crippen molar-refractivity contribution in [2.45, 2.75) is 50.2 Å². The third kappa shape index (κ3) is 2.82. The lowest BCUT2D eigenvalue weighted by Gasteiger charge is -2.32. The van der Waals surface area contributed by atoms with Gasteiger partial charge in [-0.1, -0.05) is 11.6 Å². The number of halogens is 1. The summed E-state index contributed by atoms with van der Waals surface area (Å²) >= 11 is 6.04. The molecule has 0 radical (unpaired) electrons. The molecule has 1 aromatic rings. The molecule has 0 spiro atoms. The highest BCUT2D eigenvalue weighted by Crippen LogP contribution is 2.31. The number of hydrogen-bond acceptors (Lipinski definition) is 3. The van der Waals surface area contributed by atoms with Gasteiger partial charge in [0.25, 0.3) is 0 Å². The Morgan fingerprint density at radius 2 is 2.05 bits per heavy atom. The minimum atomic E-state index is -0.112. The van der Waals surface area contributed by atoms with E-state index in [0.717, 1.165) is 24.2 Å². The van der Waals surface area contributed by atoms with Gasteiger partial charge in [-0.3, -0.25) is 4.79 Å². The Morgan fingerprint density at radius 3 is 2.82 bits per heavy atom. The van der Waals surface area contributed by atoms with E-state index in [1.54, 1.807) is 0 Å². The molecular formula is C17H21ClN2O2. The molecule has 3 atom stereocenters. The molecule has 2 fully saturated rings. The van der Waals surface area contributed by atoms with Crippen LogP contribution in [0, 0.1) is 5.92 Å². The molecule has 4 nitrogen and oxygen atoms in total. The highest BCUT2D eigenvalue weighted by Gasteiger charge is 2.35. The van der Waals surface area contributed by atoms with Crippen LogP contribution in [-0.4, -0.2) is 30.6 Å². The second kappa shape index (κ2) is 5.74. The summed E-state index contributed by atoms with van der Waals surface area (Å²) in [5.41, 5.74) is 1.03. The molecule has 2 bridgehead atoms. The van der Waals surface area contributed by atoms with Gasteiger partial charge in [-0.05, 0) is 55.9 Å². The summed E-state index contributed by atoms with van der Waals surface area (Å²) in [6.45, 7) is 0.457. The number of hydrogen-bond donors (Lipinski definition) is 2. The first kappa shape index (κ1) is 14.3. The van der Waals surface area contributed by atoms with Crippen molar-refractivity contribution >= 4 is 17.5 Å². The minimum absolute atomic E-state index is 0.112. The lowest BCUT2D eigenvalue weighted by atomic mass is 9.94. The van der Waals surface area contributed by atoms with Gasteiger partial charge in [-0.2, -0.15) is 0 Å². The molecular weight excluding hydrogens is 300 g/mol. The summed E-state index contributed by atoms with van der Waals surface area (Å²) in [5.74, 6) is 0.865. The highest BCUT2D eigenvalue weighted by molar-refractivity contribution is 6.30. The van der Waals surface area contributed by atoms with Crippen LogP contribution in [0.2, 0.25) is 5.02 Å². The minimum Gasteiger partial charge on any atom is -0.492 e.